The van der Waals surface area contributed by atoms with E-state index in [1.54, 1.807) is 24.4 Å². The molecule has 1 aromatic heterocycles. The molecule has 0 radical (unpaired) electrons. The largest absolute Gasteiger partial charge is 0.506 e. The Bertz CT molecular complexity index is 546. The average molecular weight is 199 g/mol. The Balaban J connectivity index is 2.83. The zero-order valence-corrected chi connectivity index (χ0v) is 7.97. The maximum atomic E-state index is 11.5. The lowest BCUT2D eigenvalue weighted by atomic mass is 10.0. The molecule has 0 aliphatic rings. The summed E-state index contributed by atoms with van der Waals surface area (Å²) >= 11 is 0. The number of rotatable bonds is 2. The number of benzene rings is 1. The van der Waals surface area contributed by atoms with Crippen LogP contribution in [0.25, 0.3) is 10.9 Å². The molecule has 0 saturated heterocycles. The Labute approximate surface area is 86.7 Å². The molecule has 2 rings (SSSR count). The van der Waals surface area contributed by atoms with Crippen LogP contribution >= 0.6 is 0 Å². The fourth-order valence-corrected chi connectivity index (χ4v) is 1.48. The van der Waals surface area contributed by atoms with Crippen LogP contribution in [-0.4, -0.2) is 15.9 Å². The van der Waals surface area contributed by atoms with Crippen molar-refractivity contribution in [3.05, 3.63) is 48.7 Å². The molecule has 3 nitrogen and oxygen atoms in total. The number of nitrogens with zero attached hydrogens (tertiary/aromatic N) is 1. The Morgan fingerprint density at radius 1 is 1.40 bits per heavy atom. The third-order valence-electron chi connectivity index (χ3n) is 2.20. The summed E-state index contributed by atoms with van der Waals surface area (Å²) in [5.41, 5.74) is 0.941. The summed E-state index contributed by atoms with van der Waals surface area (Å²) in [5, 5.41) is 10.2. The quantitative estimate of drug-likeness (QED) is 0.596. The van der Waals surface area contributed by atoms with E-state index in [2.05, 4.69) is 11.6 Å². The maximum absolute atomic E-state index is 11.5. The van der Waals surface area contributed by atoms with Crippen molar-refractivity contribution >= 4 is 16.7 Å². The lowest BCUT2D eigenvalue weighted by molar-refractivity contribution is 0.104. The van der Waals surface area contributed by atoms with E-state index in [0.717, 1.165) is 0 Å². The molecule has 1 N–H and O–H groups in total. The van der Waals surface area contributed by atoms with Gasteiger partial charge in [0.25, 0.3) is 0 Å². The average Bonchev–Trinajstić information content (AvgIpc) is 2.29. The summed E-state index contributed by atoms with van der Waals surface area (Å²) < 4.78 is 0. The van der Waals surface area contributed by atoms with Gasteiger partial charge in [0.1, 0.15) is 11.3 Å². The predicted octanol–water partition coefficient (Wildman–Crippen LogP) is 2.31. The van der Waals surface area contributed by atoms with Crippen molar-refractivity contribution in [3.63, 3.8) is 0 Å². The van der Waals surface area contributed by atoms with Gasteiger partial charge in [0.05, 0.1) is 0 Å². The summed E-state index contributed by atoms with van der Waals surface area (Å²) in [6.45, 7) is 3.43. The van der Waals surface area contributed by atoms with E-state index in [9.17, 15) is 9.90 Å². The standard InChI is InChI=1S/C12H9NO2/c1-2-10(14)8-5-6-11(15)12-9(8)4-3-7-13-12/h2-7,15H,1H2. The van der Waals surface area contributed by atoms with Crippen molar-refractivity contribution in [3.8, 4) is 5.75 Å². The number of fused-ring (bicyclic) bond motifs is 1. The first-order valence-electron chi connectivity index (χ1n) is 4.47. The van der Waals surface area contributed by atoms with Gasteiger partial charge in [-0.25, -0.2) is 0 Å². The van der Waals surface area contributed by atoms with Crippen LogP contribution in [0, 0.1) is 0 Å². The zero-order chi connectivity index (χ0) is 10.8. The van der Waals surface area contributed by atoms with E-state index in [4.69, 9.17) is 0 Å². The third-order valence-corrected chi connectivity index (χ3v) is 2.20. The molecule has 1 heterocycles. The lowest BCUT2D eigenvalue weighted by Gasteiger charge is -2.03. The van der Waals surface area contributed by atoms with Crippen molar-refractivity contribution < 1.29 is 9.90 Å². The molecule has 0 amide bonds. The van der Waals surface area contributed by atoms with E-state index in [0.29, 0.717) is 16.5 Å². The highest BCUT2D eigenvalue weighted by Crippen LogP contribution is 2.25. The number of hydrogen-bond donors (Lipinski definition) is 1. The number of phenolic OH excluding ortho intramolecular Hbond substituents is 1. The van der Waals surface area contributed by atoms with Crippen molar-refractivity contribution in [1.82, 2.24) is 4.98 Å². The van der Waals surface area contributed by atoms with Gasteiger partial charge in [0.15, 0.2) is 5.78 Å². The van der Waals surface area contributed by atoms with Gasteiger partial charge >= 0.3 is 0 Å². The summed E-state index contributed by atoms with van der Waals surface area (Å²) in [6, 6.07) is 6.51. The second-order valence-corrected chi connectivity index (χ2v) is 3.10. The molecule has 0 spiro atoms. The van der Waals surface area contributed by atoms with Crippen molar-refractivity contribution in [2.45, 2.75) is 0 Å². The number of hydrogen-bond acceptors (Lipinski definition) is 3. The Kier molecular flexibility index (Phi) is 2.21. The summed E-state index contributed by atoms with van der Waals surface area (Å²) in [6.07, 6.45) is 2.82. The molecular weight excluding hydrogens is 190 g/mol. The molecule has 0 saturated carbocycles. The third kappa shape index (κ3) is 1.48. The van der Waals surface area contributed by atoms with Gasteiger partial charge in [-0.05, 0) is 24.3 Å². The molecule has 0 aliphatic heterocycles. The minimum Gasteiger partial charge on any atom is -0.506 e. The van der Waals surface area contributed by atoms with Crippen LogP contribution in [0.3, 0.4) is 0 Å². The molecule has 15 heavy (non-hydrogen) atoms. The van der Waals surface area contributed by atoms with Gasteiger partial charge in [-0.3, -0.25) is 9.78 Å². The van der Waals surface area contributed by atoms with Gasteiger partial charge in [-0.1, -0.05) is 12.6 Å². The van der Waals surface area contributed by atoms with Gasteiger partial charge in [-0.2, -0.15) is 0 Å². The Morgan fingerprint density at radius 2 is 2.20 bits per heavy atom. The van der Waals surface area contributed by atoms with Crippen LogP contribution < -0.4 is 0 Å². The number of aromatic hydroxyl groups is 1. The van der Waals surface area contributed by atoms with Crippen LogP contribution in [-0.2, 0) is 0 Å². The highest BCUT2D eigenvalue weighted by Gasteiger charge is 2.09. The minimum atomic E-state index is -0.173. The number of phenols is 1. The number of allylic oxidation sites excluding steroid dienone is 1. The maximum Gasteiger partial charge on any atom is 0.185 e. The highest BCUT2D eigenvalue weighted by atomic mass is 16.3. The second-order valence-electron chi connectivity index (χ2n) is 3.10. The molecule has 0 atom stereocenters. The topological polar surface area (TPSA) is 50.2 Å². The monoisotopic (exact) mass is 199 g/mol. The molecule has 0 aliphatic carbocycles. The van der Waals surface area contributed by atoms with Crippen LogP contribution in [0.5, 0.6) is 5.75 Å². The Hall–Kier alpha value is -2.16. The van der Waals surface area contributed by atoms with Crippen molar-refractivity contribution in [2.75, 3.05) is 0 Å². The molecule has 2 aromatic rings. The van der Waals surface area contributed by atoms with Crippen molar-refractivity contribution in [2.24, 2.45) is 0 Å². The van der Waals surface area contributed by atoms with Gasteiger partial charge in [0, 0.05) is 17.1 Å². The van der Waals surface area contributed by atoms with Crippen molar-refractivity contribution in [1.29, 1.82) is 0 Å². The van der Waals surface area contributed by atoms with Gasteiger partial charge in [-0.15, -0.1) is 0 Å². The fourth-order valence-electron chi connectivity index (χ4n) is 1.48. The second kappa shape index (κ2) is 3.53. The summed E-state index contributed by atoms with van der Waals surface area (Å²) in [4.78, 5) is 15.5. The Morgan fingerprint density at radius 3 is 2.93 bits per heavy atom. The molecule has 0 bridgehead atoms. The lowest BCUT2D eigenvalue weighted by Crippen LogP contribution is -1.95. The number of pyridine rings is 1. The van der Waals surface area contributed by atoms with Crippen LogP contribution in [0.4, 0.5) is 0 Å². The first-order chi connectivity index (χ1) is 7.24. The first kappa shape index (κ1) is 9.40. The molecule has 74 valence electrons. The number of carbonyl (C=O) groups excluding carboxylic acids is 1. The molecule has 0 fully saturated rings. The van der Waals surface area contributed by atoms with Gasteiger partial charge in [0.2, 0.25) is 0 Å². The van der Waals surface area contributed by atoms with E-state index in [1.165, 1.54) is 12.1 Å². The van der Waals surface area contributed by atoms with Crippen LogP contribution in [0.15, 0.2) is 43.1 Å². The molecule has 1 aromatic carbocycles. The molecule has 3 heteroatoms. The fraction of sp³-hybridized carbons (Fsp3) is 0. The first-order valence-corrected chi connectivity index (χ1v) is 4.47. The normalized spacial score (nSPS) is 10.1. The zero-order valence-electron chi connectivity index (χ0n) is 7.97. The minimum absolute atomic E-state index is 0.0752. The number of carbonyl (C=O) groups is 1. The summed E-state index contributed by atoms with van der Waals surface area (Å²) in [5.74, 6) is -0.0980. The SMILES string of the molecule is C=CC(=O)c1ccc(O)c2ncccc12. The van der Waals surface area contributed by atoms with Crippen LogP contribution in [0.2, 0.25) is 0 Å². The summed E-state index contributed by atoms with van der Waals surface area (Å²) in [7, 11) is 0. The molecular formula is C12H9NO2. The number of aromatic nitrogens is 1. The van der Waals surface area contributed by atoms with E-state index in [-0.39, 0.29) is 11.5 Å². The smallest absolute Gasteiger partial charge is 0.185 e. The van der Waals surface area contributed by atoms with Gasteiger partial charge < -0.3 is 5.11 Å². The number of ketones is 1. The van der Waals surface area contributed by atoms with E-state index >= 15 is 0 Å². The van der Waals surface area contributed by atoms with E-state index < -0.39 is 0 Å². The van der Waals surface area contributed by atoms with Crippen LogP contribution in [0.1, 0.15) is 10.4 Å². The predicted molar refractivity (Wildman–Crippen MR) is 57.9 cm³/mol. The molecule has 0 unspecified atom stereocenters. The highest BCUT2D eigenvalue weighted by molar-refractivity contribution is 6.13. The van der Waals surface area contributed by atoms with E-state index in [1.807, 2.05) is 0 Å².